The summed E-state index contributed by atoms with van der Waals surface area (Å²) >= 11 is 0. The van der Waals surface area contributed by atoms with Crippen molar-refractivity contribution in [1.29, 1.82) is 0 Å². The molecule has 0 radical (unpaired) electrons. The topological polar surface area (TPSA) is 104 Å². The first-order valence-electron chi connectivity index (χ1n) is 4.17. The molecule has 0 aliphatic heterocycles. The van der Waals surface area contributed by atoms with Crippen molar-refractivity contribution in [3.8, 4) is 0 Å². The molecule has 0 saturated carbocycles. The summed E-state index contributed by atoms with van der Waals surface area (Å²) in [7, 11) is -3.76. The second kappa shape index (κ2) is 3.68. The number of aromatic nitrogens is 2. The summed E-state index contributed by atoms with van der Waals surface area (Å²) in [6.07, 6.45) is 1.43. The molecule has 1 rings (SSSR count). The van der Waals surface area contributed by atoms with E-state index in [4.69, 9.17) is 10.9 Å². The van der Waals surface area contributed by atoms with Gasteiger partial charge in [0.15, 0.2) is 5.03 Å². The third kappa shape index (κ3) is 1.94. The van der Waals surface area contributed by atoms with E-state index in [0.29, 0.717) is 5.56 Å². The van der Waals surface area contributed by atoms with Gasteiger partial charge in [0.2, 0.25) is 0 Å². The predicted octanol–water partition coefficient (Wildman–Crippen LogP) is -0.430. The van der Waals surface area contributed by atoms with Crippen molar-refractivity contribution in [2.24, 2.45) is 10.9 Å². The van der Waals surface area contributed by atoms with E-state index in [9.17, 15) is 8.42 Å². The highest BCUT2D eigenvalue weighted by Crippen LogP contribution is 2.17. The van der Waals surface area contributed by atoms with Gasteiger partial charge in [0.25, 0.3) is 10.0 Å². The number of rotatable bonds is 3. The second-order valence-electron chi connectivity index (χ2n) is 3.26. The van der Waals surface area contributed by atoms with Gasteiger partial charge in [0, 0.05) is 18.2 Å². The van der Waals surface area contributed by atoms with Crippen LogP contribution in [0.15, 0.2) is 11.2 Å². The number of primary sulfonamides is 1. The highest BCUT2D eigenvalue weighted by atomic mass is 32.2. The Hall–Kier alpha value is -0.920. The van der Waals surface area contributed by atoms with Crippen LogP contribution in [0.3, 0.4) is 0 Å². The third-order valence-corrected chi connectivity index (χ3v) is 2.79. The molecule has 14 heavy (non-hydrogen) atoms. The van der Waals surface area contributed by atoms with Crippen molar-refractivity contribution in [3.05, 3.63) is 11.8 Å². The second-order valence-corrected chi connectivity index (χ2v) is 4.74. The summed E-state index contributed by atoms with van der Waals surface area (Å²) in [5.41, 5.74) is 5.83. The number of nitrogens with two attached hydrogens (primary N) is 2. The Morgan fingerprint density at radius 3 is 2.50 bits per heavy atom. The van der Waals surface area contributed by atoms with E-state index in [1.54, 1.807) is 0 Å². The summed E-state index contributed by atoms with van der Waals surface area (Å²) in [5.74, 6) is 0. The van der Waals surface area contributed by atoms with Crippen LogP contribution < -0.4 is 10.9 Å². The average Bonchev–Trinajstić information content (AvgIpc) is 2.45. The van der Waals surface area contributed by atoms with E-state index < -0.39 is 10.0 Å². The molecule has 0 aromatic carbocycles. The molecule has 0 spiro atoms. The van der Waals surface area contributed by atoms with Crippen molar-refractivity contribution in [2.75, 3.05) is 0 Å². The fraction of sp³-hybridized carbons (Fsp3) is 0.571. The summed E-state index contributed by atoms with van der Waals surface area (Å²) in [6.45, 7) is 3.75. The SMILES string of the molecule is CC(C)n1ncc(CN)c1S(N)(=O)=O. The van der Waals surface area contributed by atoms with Crippen LogP contribution in [0.25, 0.3) is 0 Å². The normalized spacial score (nSPS) is 12.4. The van der Waals surface area contributed by atoms with Gasteiger partial charge < -0.3 is 5.73 Å². The molecule has 7 heteroatoms. The van der Waals surface area contributed by atoms with Gasteiger partial charge in [-0.1, -0.05) is 0 Å². The fourth-order valence-corrected chi connectivity index (χ4v) is 2.23. The number of sulfonamides is 1. The number of nitrogens with zero attached hydrogens (tertiary/aromatic N) is 2. The Balaban J connectivity index is 3.42. The van der Waals surface area contributed by atoms with Crippen LogP contribution in [0, 0.1) is 0 Å². The first kappa shape index (κ1) is 11.2. The zero-order valence-electron chi connectivity index (χ0n) is 8.14. The minimum atomic E-state index is -3.76. The van der Waals surface area contributed by atoms with E-state index >= 15 is 0 Å². The van der Waals surface area contributed by atoms with Crippen molar-refractivity contribution in [2.45, 2.75) is 31.5 Å². The molecule has 0 aliphatic rings. The molecule has 0 bridgehead atoms. The van der Waals surface area contributed by atoms with Gasteiger partial charge in [0.1, 0.15) is 0 Å². The van der Waals surface area contributed by atoms with Gasteiger partial charge in [-0.15, -0.1) is 0 Å². The molecule has 80 valence electrons. The molecular formula is C7H14N4O2S. The Bertz CT molecular complexity index is 421. The molecule has 1 aromatic rings. The van der Waals surface area contributed by atoms with Crippen LogP contribution in [0.5, 0.6) is 0 Å². The largest absolute Gasteiger partial charge is 0.326 e. The monoisotopic (exact) mass is 218 g/mol. The lowest BCUT2D eigenvalue weighted by Gasteiger charge is -2.09. The zero-order chi connectivity index (χ0) is 10.9. The van der Waals surface area contributed by atoms with Crippen molar-refractivity contribution in [1.82, 2.24) is 9.78 Å². The molecular weight excluding hydrogens is 204 g/mol. The molecule has 1 heterocycles. The van der Waals surface area contributed by atoms with Crippen LogP contribution in [0.4, 0.5) is 0 Å². The van der Waals surface area contributed by atoms with Gasteiger partial charge in [0.05, 0.1) is 6.20 Å². The third-order valence-electron chi connectivity index (χ3n) is 1.80. The minimum absolute atomic E-state index is 0.00926. The van der Waals surface area contributed by atoms with Crippen LogP contribution in [0.1, 0.15) is 25.5 Å². The highest BCUT2D eigenvalue weighted by Gasteiger charge is 2.21. The molecule has 0 unspecified atom stereocenters. The van der Waals surface area contributed by atoms with Gasteiger partial charge in [-0.25, -0.2) is 13.6 Å². The standard InChI is InChI=1S/C7H14N4O2S/c1-5(2)11-7(14(9,12)13)6(3-8)4-10-11/h4-5H,3,8H2,1-2H3,(H2,9,12,13). The zero-order valence-corrected chi connectivity index (χ0v) is 8.95. The molecule has 0 atom stereocenters. The average molecular weight is 218 g/mol. The van der Waals surface area contributed by atoms with Crippen LogP contribution in [-0.4, -0.2) is 18.2 Å². The fourth-order valence-electron chi connectivity index (χ4n) is 1.21. The Labute approximate surface area is 82.9 Å². The van der Waals surface area contributed by atoms with Crippen LogP contribution in [0.2, 0.25) is 0 Å². The molecule has 0 saturated heterocycles. The van der Waals surface area contributed by atoms with Gasteiger partial charge in [-0.3, -0.25) is 4.68 Å². The number of hydrogen-bond donors (Lipinski definition) is 2. The lowest BCUT2D eigenvalue weighted by Crippen LogP contribution is -2.21. The van der Waals surface area contributed by atoms with Crippen molar-refractivity contribution < 1.29 is 8.42 Å². The van der Waals surface area contributed by atoms with Crippen molar-refractivity contribution >= 4 is 10.0 Å². The lowest BCUT2D eigenvalue weighted by molar-refractivity contribution is 0.476. The maximum absolute atomic E-state index is 11.3. The first-order chi connectivity index (χ1) is 6.38. The van der Waals surface area contributed by atoms with Crippen LogP contribution >= 0.6 is 0 Å². The maximum Gasteiger partial charge on any atom is 0.255 e. The molecule has 0 amide bonds. The number of hydrogen-bond acceptors (Lipinski definition) is 4. The van der Waals surface area contributed by atoms with Gasteiger partial charge in [-0.2, -0.15) is 5.10 Å². The van der Waals surface area contributed by atoms with Crippen LogP contribution in [-0.2, 0) is 16.6 Å². The maximum atomic E-state index is 11.3. The summed E-state index contributed by atoms with van der Waals surface area (Å²) in [6, 6.07) is -0.0661. The van der Waals surface area contributed by atoms with Crippen molar-refractivity contribution in [3.63, 3.8) is 0 Å². The summed E-state index contributed by atoms with van der Waals surface area (Å²) < 4.78 is 23.9. The van der Waals surface area contributed by atoms with E-state index in [2.05, 4.69) is 5.10 Å². The molecule has 1 aromatic heterocycles. The first-order valence-corrected chi connectivity index (χ1v) is 5.71. The smallest absolute Gasteiger partial charge is 0.255 e. The Morgan fingerprint density at radius 1 is 1.57 bits per heavy atom. The summed E-state index contributed by atoms with van der Waals surface area (Å²) in [5, 5.41) is 9.01. The van der Waals surface area contributed by atoms with E-state index in [1.165, 1.54) is 10.9 Å². The van der Waals surface area contributed by atoms with Gasteiger partial charge >= 0.3 is 0 Å². The Kier molecular flexibility index (Phi) is 2.93. The summed E-state index contributed by atoms with van der Waals surface area (Å²) in [4.78, 5) is 0. The minimum Gasteiger partial charge on any atom is -0.326 e. The predicted molar refractivity (Wildman–Crippen MR) is 51.9 cm³/mol. The molecule has 6 nitrogen and oxygen atoms in total. The van der Waals surface area contributed by atoms with E-state index in [1.807, 2.05) is 13.8 Å². The Morgan fingerprint density at radius 2 is 2.14 bits per heavy atom. The quantitative estimate of drug-likeness (QED) is 0.718. The van der Waals surface area contributed by atoms with E-state index in [-0.39, 0.29) is 17.6 Å². The molecule has 0 aliphatic carbocycles. The van der Waals surface area contributed by atoms with Gasteiger partial charge in [-0.05, 0) is 13.8 Å². The molecule has 4 N–H and O–H groups in total. The lowest BCUT2D eigenvalue weighted by atomic mass is 10.3. The highest BCUT2D eigenvalue weighted by molar-refractivity contribution is 7.89. The van der Waals surface area contributed by atoms with E-state index in [0.717, 1.165) is 0 Å². The molecule has 0 fully saturated rings.